The number of benzene rings is 1. The molecule has 1 fully saturated rings. The fourth-order valence-electron chi connectivity index (χ4n) is 2.43. The summed E-state index contributed by atoms with van der Waals surface area (Å²) < 4.78 is 13.7. The number of nitrogens with one attached hydrogen (secondary N) is 1. The number of hydrogen-bond donors (Lipinski definition) is 1. The van der Waals surface area contributed by atoms with Gasteiger partial charge >= 0.3 is 0 Å². The molecule has 1 aliphatic rings. The second-order valence-corrected chi connectivity index (χ2v) is 4.63. The third kappa shape index (κ3) is 3.03. The minimum Gasteiger partial charge on any atom is -0.314 e. The van der Waals surface area contributed by atoms with Crippen LogP contribution in [0.25, 0.3) is 10.9 Å². The predicted octanol–water partition coefficient (Wildman–Crippen LogP) is 2.20. The van der Waals surface area contributed by atoms with Crippen molar-refractivity contribution in [2.45, 2.75) is 6.54 Å². The molecule has 19 heavy (non-hydrogen) atoms. The van der Waals surface area contributed by atoms with Crippen LogP contribution >= 0.6 is 12.4 Å². The molecule has 0 aliphatic carbocycles. The van der Waals surface area contributed by atoms with Gasteiger partial charge in [-0.25, -0.2) is 4.39 Å². The van der Waals surface area contributed by atoms with Crippen molar-refractivity contribution in [3.63, 3.8) is 0 Å². The van der Waals surface area contributed by atoms with Gasteiger partial charge in [-0.1, -0.05) is 6.07 Å². The zero-order valence-electron chi connectivity index (χ0n) is 10.6. The Bertz CT molecular complexity index is 555. The van der Waals surface area contributed by atoms with Gasteiger partial charge in [-0.3, -0.25) is 9.88 Å². The summed E-state index contributed by atoms with van der Waals surface area (Å²) in [7, 11) is 0. The largest absolute Gasteiger partial charge is 0.314 e. The minimum absolute atomic E-state index is 0. The molecule has 1 aromatic carbocycles. The van der Waals surface area contributed by atoms with E-state index in [0.717, 1.165) is 43.8 Å². The molecule has 0 atom stereocenters. The van der Waals surface area contributed by atoms with Crippen molar-refractivity contribution in [1.29, 1.82) is 0 Å². The molecule has 3 nitrogen and oxygen atoms in total. The molecule has 1 aromatic heterocycles. The summed E-state index contributed by atoms with van der Waals surface area (Å²) in [6.07, 6.45) is 1.73. The van der Waals surface area contributed by atoms with Gasteiger partial charge in [0.25, 0.3) is 0 Å². The Morgan fingerprint density at radius 3 is 2.79 bits per heavy atom. The molecule has 1 saturated heterocycles. The van der Waals surface area contributed by atoms with Crippen LogP contribution in [0, 0.1) is 5.82 Å². The van der Waals surface area contributed by atoms with Crippen molar-refractivity contribution < 1.29 is 4.39 Å². The van der Waals surface area contributed by atoms with Crippen LogP contribution in [0.15, 0.2) is 30.5 Å². The molecule has 0 radical (unpaired) electrons. The normalized spacial score (nSPS) is 16.3. The highest BCUT2D eigenvalue weighted by molar-refractivity contribution is 5.85. The number of halogens is 2. The first-order valence-electron chi connectivity index (χ1n) is 6.30. The maximum absolute atomic E-state index is 13.7. The van der Waals surface area contributed by atoms with E-state index in [9.17, 15) is 4.39 Å². The standard InChI is InChI=1S/C14H16FN3.ClH/c15-13-4-3-11(10-18-8-6-16-7-9-18)14-12(13)2-1-5-17-14;/h1-5,16H,6-10H2;1H. The highest BCUT2D eigenvalue weighted by Crippen LogP contribution is 2.21. The summed E-state index contributed by atoms with van der Waals surface area (Å²) in [6, 6.07) is 6.97. The van der Waals surface area contributed by atoms with Gasteiger partial charge in [-0.2, -0.15) is 0 Å². The summed E-state index contributed by atoms with van der Waals surface area (Å²) >= 11 is 0. The Hall–Kier alpha value is -1.23. The number of piperazine rings is 1. The first kappa shape index (κ1) is 14.2. The Kier molecular flexibility index (Phi) is 4.69. The lowest BCUT2D eigenvalue weighted by atomic mass is 10.1. The Morgan fingerprint density at radius 2 is 2.00 bits per heavy atom. The Morgan fingerprint density at radius 1 is 1.21 bits per heavy atom. The van der Waals surface area contributed by atoms with Crippen LogP contribution in [0.2, 0.25) is 0 Å². The molecule has 2 aromatic rings. The van der Waals surface area contributed by atoms with E-state index in [0.29, 0.717) is 5.39 Å². The molecule has 0 saturated carbocycles. The van der Waals surface area contributed by atoms with Gasteiger partial charge in [-0.15, -0.1) is 12.4 Å². The number of rotatable bonds is 2. The molecule has 1 aliphatic heterocycles. The van der Waals surface area contributed by atoms with E-state index in [-0.39, 0.29) is 18.2 Å². The van der Waals surface area contributed by atoms with Crippen LogP contribution in [0.4, 0.5) is 4.39 Å². The lowest BCUT2D eigenvalue weighted by Gasteiger charge is -2.27. The number of fused-ring (bicyclic) bond motifs is 1. The van der Waals surface area contributed by atoms with Gasteiger partial charge in [-0.05, 0) is 23.8 Å². The first-order chi connectivity index (χ1) is 8.84. The SMILES string of the molecule is Cl.Fc1ccc(CN2CCNCC2)c2ncccc12. The second-order valence-electron chi connectivity index (χ2n) is 4.63. The molecule has 0 bridgehead atoms. The van der Waals surface area contributed by atoms with Crippen molar-refractivity contribution in [3.8, 4) is 0 Å². The summed E-state index contributed by atoms with van der Waals surface area (Å²) in [5.41, 5.74) is 1.89. The zero-order chi connectivity index (χ0) is 12.4. The number of hydrogen-bond acceptors (Lipinski definition) is 3. The first-order valence-corrected chi connectivity index (χ1v) is 6.30. The summed E-state index contributed by atoms with van der Waals surface area (Å²) in [4.78, 5) is 6.70. The third-order valence-electron chi connectivity index (χ3n) is 3.40. The number of nitrogens with zero attached hydrogens (tertiary/aromatic N) is 2. The molecular weight excluding hydrogens is 265 g/mol. The van der Waals surface area contributed by atoms with Crippen molar-refractivity contribution in [2.24, 2.45) is 0 Å². The second kappa shape index (κ2) is 6.28. The van der Waals surface area contributed by atoms with Gasteiger partial charge < -0.3 is 5.32 Å². The quantitative estimate of drug-likeness (QED) is 0.915. The molecule has 1 N–H and O–H groups in total. The van der Waals surface area contributed by atoms with Crippen LogP contribution in [0.1, 0.15) is 5.56 Å². The van der Waals surface area contributed by atoms with Crippen molar-refractivity contribution >= 4 is 23.3 Å². The van der Waals surface area contributed by atoms with Gasteiger partial charge in [0.15, 0.2) is 0 Å². The Labute approximate surface area is 118 Å². The molecule has 2 heterocycles. The maximum Gasteiger partial charge on any atom is 0.132 e. The topological polar surface area (TPSA) is 28.2 Å². The highest BCUT2D eigenvalue weighted by atomic mass is 35.5. The van der Waals surface area contributed by atoms with E-state index in [2.05, 4.69) is 15.2 Å². The van der Waals surface area contributed by atoms with E-state index < -0.39 is 0 Å². The van der Waals surface area contributed by atoms with E-state index in [1.165, 1.54) is 0 Å². The summed E-state index contributed by atoms with van der Waals surface area (Å²) in [5, 5.41) is 3.95. The average Bonchev–Trinajstić information content (AvgIpc) is 2.44. The average molecular weight is 282 g/mol. The molecule has 5 heteroatoms. The third-order valence-corrected chi connectivity index (χ3v) is 3.40. The van der Waals surface area contributed by atoms with Crippen LogP contribution < -0.4 is 5.32 Å². The van der Waals surface area contributed by atoms with Gasteiger partial charge in [0.05, 0.1) is 5.52 Å². The highest BCUT2D eigenvalue weighted by Gasteiger charge is 2.13. The van der Waals surface area contributed by atoms with Crippen LogP contribution in [-0.4, -0.2) is 36.1 Å². The Balaban J connectivity index is 0.00000133. The molecule has 0 amide bonds. The van der Waals surface area contributed by atoms with Crippen molar-refractivity contribution in [3.05, 3.63) is 41.8 Å². The molecule has 0 spiro atoms. The fraction of sp³-hybridized carbons (Fsp3) is 0.357. The van der Waals surface area contributed by atoms with Crippen molar-refractivity contribution in [1.82, 2.24) is 15.2 Å². The number of pyridine rings is 1. The van der Waals surface area contributed by atoms with E-state index in [1.54, 1.807) is 24.4 Å². The predicted molar refractivity (Wildman–Crippen MR) is 77.1 cm³/mol. The zero-order valence-corrected chi connectivity index (χ0v) is 11.4. The summed E-state index contributed by atoms with van der Waals surface area (Å²) in [5.74, 6) is -0.192. The van der Waals surface area contributed by atoms with E-state index >= 15 is 0 Å². The molecule has 3 rings (SSSR count). The van der Waals surface area contributed by atoms with E-state index in [1.807, 2.05) is 6.07 Å². The minimum atomic E-state index is -0.192. The lowest BCUT2D eigenvalue weighted by Crippen LogP contribution is -2.42. The van der Waals surface area contributed by atoms with Gasteiger partial charge in [0.1, 0.15) is 5.82 Å². The maximum atomic E-state index is 13.7. The molecular formula is C14H17ClFN3. The van der Waals surface area contributed by atoms with Gasteiger partial charge in [0, 0.05) is 44.3 Å². The smallest absolute Gasteiger partial charge is 0.132 e. The van der Waals surface area contributed by atoms with Gasteiger partial charge in [0.2, 0.25) is 0 Å². The monoisotopic (exact) mass is 281 g/mol. The van der Waals surface area contributed by atoms with E-state index in [4.69, 9.17) is 0 Å². The molecule has 0 unspecified atom stereocenters. The number of aromatic nitrogens is 1. The fourth-order valence-corrected chi connectivity index (χ4v) is 2.43. The summed E-state index contributed by atoms with van der Waals surface area (Å²) in [6.45, 7) is 4.95. The van der Waals surface area contributed by atoms with Crippen LogP contribution in [0.3, 0.4) is 0 Å². The van der Waals surface area contributed by atoms with Crippen LogP contribution in [0.5, 0.6) is 0 Å². The van der Waals surface area contributed by atoms with Crippen LogP contribution in [-0.2, 0) is 6.54 Å². The molecule has 102 valence electrons. The van der Waals surface area contributed by atoms with Crippen molar-refractivity contribution in [2.75, 3.05) is 26.2 Å². The lowest BCUT2D eigenvalue weighted by molar-refractivity contribution is 0.234.